The van der Waals surface area contributed by atoms with Crippen molar-refractivity contribution in [2.75, 3.05) is 13.2 Å². The number of nitrogens with two attached hydrogens (primary N) is 1. The van der Waals surface area contributed by atoms with Crippen LogP contribution in [-0.2, 0) is 16.8 Å². The van der Waals surface area contributed by atoms with Gasteiger partial charge < -0.3 is 15.0 Å². The van der Waals surface area contributed by atoms with Crippen LogP contribution in [-0.4, -0.2) is 29.5 Å². The van der Waals surface area contributed by atoms with Crippen LogP contribution in [0.2, 0.25) is 0 Å². The fourth-order valence-electron chi connectivity index (χ4n) is 2.61. The predicted molar refractivity (Wildman–Crippen MR) is 68.4 cm³/mol. The van der Waals surface area contributed by atoms with E-state index in [1.54, 1.807) is 0 Å². The number of alkyl halides is 3. The second-order valence-electron chi connectivity index (χ2n) is 5.79. The Balaban J connectivity index is 1.98. The summed E-state index contributed by atoms with van der Waals surface area (Å²) in [7, 11) is 0. The van der Waals surface area contributed by atoms with E-state index in [4.69, 9.17) is 10.3 Å². The Morgan fingerprint density at radius 2 is 2.05 bits per heavy atom. The summed E-state index contributed by atoms with van der Waals surface area (Å²) < 4.78 is 45.7. The Kier molecular flexibility index (Phi) is 4.88. The zero-order chi connectivity index (χ0) is 15.5. The molecule has 21 heavy (non-hydrogen) atoms. The predicted octanol–water partition coefficient (Wildman–Crippen LogP) is 2.56. The SMILES string of the molecule is CC1CCC(CN)(c2nc(COCC(F)(F)F)no2)CC1. The van der Waals surface area contributed by atoms with E-state index in [2.05, 4.69) is 21.8 Å². The highest BCUT2D eigenvalue weighted by atomic mass is 19.4. The van der Waals surface area contributed by atoms with E-state index in [9.17, 15) is 13.2 Å². The monoisotopic (exact) mass is 307 g/mol. The van der Waals surface area contributed by atoms with Crippen molar-refractivity contribution in [2.45, 2.75) is 50.8 Å². The van der Waals surface area contributed by atoms with Gasteiger partial charge in [0.2, 0.25) is 5.89 Å². The Labute approximate surface area is 121 Å². The van der Waals surface area contributed by atoms with Crippen LogP contribution in [0, 0.1) is 5.92 Å². The summed E-state index contributed by atoms with van der Waals surface area (Å²) in [6.45, 7) is 0.936. The van der Waals surface area contributed by atoms with Gasteiger partial charge in [0.05, 0.1) is 5.41 Å². The first-order chi connectivity index (χ1) is 9.85. The maximum atomic E-state index is 12.0. The highest BCUT2D eigenvalue weighted by Gasteiger charge is 2.39. The summed E-state index contributed by atoms with van der Waals surface area (Å²) in [4.78, 5) is 4.17. The lowest BCUT2D eigenvalue weighted by molar-refractivity contribution is -0.177. The number of hydrogen-bond acceptors (Lipinski definition) is 5. The third kappa shape index (κ3) is 4.16. The molecule has 1 aromatic rings. The van der Waals surface area contributed by atoms with Gasteiger partial charge >= 0.3 is 6.18 Å². The topological polar surface area (TPSA) is 74.2 Å². The zero-order valence-electron chi connectivity index (χ0n) is 11.9. The summed E-state index contributed by atoms with van der Waals surface area (Å²) in [5.41, 5.74) is 5.53. The molecule has 0 radical (unpaired) electrons. The molecular formula is C13H20F3N3O2. The number of nitrogens with zero attached hydrogens (tertiary/aromatic N) is 2. The summed E-state index contributed by atoms with van der Waals surface area (Å²) in [6, 6.07) is 0. The molecule has 0 aliphatic heterocycles. The van der Waals surface area contributed by atoms with Crippen LogP contribution in [0.1, 0.15) is 44.3 Å². The van der Waals surface area contributed by atoms with Gasteiger partial charge in [-0.3, -0.25) is 0 Å². The van der Waals surface area contributed by atoms with Gasteiger partial charge in [0, 0.05) is 6.54 Å². The molecule has 5 nitrogen and oxygen atoms in total. The van der Waals surface area contributed by atoms with E-state index >= 15 is 0 Å². The summed E-state index contributed by atoms with van der Waals surface area (Å²) in [5.74, 6) is 1.19. The summed E-state index contributed by atoms with van der Waals surface area (Å²) in [6.07, 6.45) is -0.588. The van der Waals surface area contributed by atoms with E-state index in [0.29, 0.717) is 18.4 Å². The number of rotatable bonds is 5. The lowest BCUT2D eigenvalue weighted by atomic mass is 9.71. The second kappa shape index (κ2) is 6.31. The van der Waals surface area contributed by atoms with Gasteiger partial charge in [-0.2, -0.15) is 18.2 Å². The average molecular weight is 307 g/mol. The molecule has 0 saturated heterocycles. The molecule has 0 bridgehead atoms. The molecule has 2 N–H and O–H groups in total. The third-order valence-corrected chi connectivity index (χ3v) is 4.04. The fraction of sp³-hybridized carbons (Fsp3) is 0.846. The van der Waals surface area contributed by atoms with Gasteiger partial charge in [-0.1, -0.05) is 12.1 Å². The third-order valence-electron chi connectivity index (χ3n) is 4.04. The maximum Gasteiger partial charge on any atom is 0.411 e. The van der Waals surface area contributed by atoms with E-state index in [-0.39, 0.29) is 17.8 Å². The molecular weight excluding hydrogens is 287 g/mol. The first kappa shape index (κ1) is 16.2. The van der Waals surface area contributed by atoms with Crippen LogP contribution >= 0.6 is 0 Å². The Hall–Kier alpha value is -1.15. The van der Waals surface area contributed by atoms with Crippen LogP contribution < -0.4 is 5.73 Å². The molecule has 0 unspecified atom stereocenters. The number of halogens is 3. The van der Waals surface area contributed by atoms with Crippen molar-refractivity contribution in [1.29, 1.82) is 0 Å². The first-order valence-corrected chi connectivity index (χ1v) is 7.02. The van der Waals surface area contributed by atoms with Crippen LogP contribution in [0.25, 0.3) is 0 Å². The van der Waals surface area contributed by atoms with Crippen molar-refractivity contribution in [2.24, 2.45) is 11.7 Å². The molecule has 2 rings (SSSR count). The van der Waals surface area contributed by atoms with Gasteiger partial charge in [-0.15, -0.1) is 0 Å². The molecule has 1 aliphatic rings. The average Bonchev–Trinajstić information content (AvgIpc) is 2.88. The fourth-order valence-corrected chi connectivity index (χ4v) is 2.61. The van der Waals surface area contributed by atoms with Crippen molar-refractivity contribution in [3.05, 3.63) is 11.7 Å². The van der Waals surface area contributed by atoms with Crippen molar-refractivity contribution in [3.63, 3.8) is 0 Å². The van der Waals surface area contributed by atoms with Crippen LogP contribution in [0.5, 0.6) is 0 Å². The minimum atomic E-state index is -4.36. The normalized spacial score (nSPS) is 27.0. The lowest BCUT2D eigenvalue weighted by Gasteiger charge is -2.35. The molecule has 0 aromatic carbocycles. The zero-order valence-corrected chi connectivity index (χ0v) is 11.9. The molecule has 1 fully saturated rings. The number of hydrogen-bond donors (Lipinski definition) is 1. The van der Waals surface area contributed by atoms with Gasteiger partial charge in [0.25, 0.3) is 0 Å². The van der Waals surface area contributed by atoms with Crippen LogP contribution in [0.3, 0.4) is 0 Å². The molecule has 8 heteroatoms. The van der Waals surface area contributed by atoms with Crippen molar-refractivity contribution in [1.82, 2.24) is 10.1 Å². The summed E-state index contributed by atoms with van der Waals surface area (Å²) in [5, 5.41) is 3.69. The van der Waals surface area contributed by atoms with Crippen molar-refractivity contribution >= 4 is 0 Å². The van der Waals surface area contributed by atoms with Gasteiger partial charge in [0.1, 0.15) is 13.2 Å². The second-order valence-corrected chi connectivity index (χ2v) is 5.79. The molecule has 1 aliphatic carbocycles. The molecule has 0 spiro atoms. The largest absolute Gasteiger partial charge is 0.411 e. The first-order valence-electron chi connectivity index (χ1n) is 7.02. The molecule has 1 heterocycles. The Morgan fingerprint density at radius 3 is 2.62 bits per heavy atom. The molecule has 0 amide bonds. The molecule has 120 valence electrons. The minimum absolute atomic E-state index is 0.126. The van der Waals surface area contributed by atoms with Crippen molar-refractivity contribution < 1.29 is 22.4 Å². The van der Waals surface area contributed by atoms with E-state index in [1.165, 1.54) is 0 Å². The Bertz CT molecular complexity index is 454. The lowest BCUT2D eigenvalue weighted by Crippen LogP contribution is -2.39. The quantitative estimate of drug-likeness (QED) is 0.905. The Morgan fingerprint density at radius 1 is 1.38 bits per heavy atom. The number of ether oxygens (including phenoxy) is 1. The van der Waals surface area contributed by atoms with Crippen LogP contribution in [0.4, 0.5) is 13.2 Å². The van der Waals surface area contributed by atoms with Gasteiger partial charge in [-0.25, -0.2) is 0 Å². The van der Waals surface area contributed by atoms with Crippen LogP contribution in [0.15, 0.2) is 4.52 Å². The maximum absolute atomic E-state index is 12.0. The van der Waals surface area contributed by atoms with Gasteiger partial charge in [0.15, 0.2) is 5.82 Å². The smallest absolute Gasteiger partial charge is 0.364 e. The highest BCUT2D eigenvalue weighted by Crippen LogP contribution is 2.40. The summed E-state index contributed by atoms with van der Waals surface area (Å²) >= 11 is 0. The van der Waals surface area contributed by atoms with E-state index < -0.39 is 12.8 Å². The standard InChI is InChI=1S/C13H20F3N3O2/c1-9-2-4-12(7-17,5-3-9)11-18-10(19-21-11)6-20-8-13(14,15)16/h9H,2-8,17H2,1H3. The van der Waals surface area contributed by atoms with Crippen molar-refractivity contribution in [3.8, 4) is 0 Å². The minimum Gasteiger partial charge on any atom is -0.364 e. The highest BCUT2D eigenvalue weighted by molar-refractivity contribution is 5.08. The molecule has 1 aromatic heterocycles. The molecule has 1 saturated carbocycles. The number of aromatic nitrogens is 2. The van der Waals surface area contributed by atoms with E-state index in [1.807, 2.05) is 0 Å². The van der Waals surface area contributed by atoms with Gasteiger partial charge in [-0.05, 0) is 31.6 Å². The molecule has 0 atom stereocenters. The van der Waals surface area contributed by atoms with E-state index in [0.717, 1.165) is 25.7 Å².